The summed E-state index contributed by atoms with van der Waals surface area (Å²) in [5.74, 6) is -0.309. The van der Waals surface area contributed by atoms with Crippen LogP contribution in [0.3, 0.4) is 0 Å². The third-order valence-corrected chi connectivity index (χ3v) is 2.96. The van der Waals surface area contributed by atoms with E-state index in [9.17, 15) is 14.9 Å². The maximum absolute atomic E-state index is 12.1. The predicted molar refractivity (Wildman–Crippen MR) is 79.9 cm³/mol. The zero-order valence-corrected chi connectivity index (χ0v) is 12.4. The molecule has 0 atom stereocenters. The highest BCUT2D eigenvalue weighted by Gasteiger charge is 2.20. The molecule has 1 aromatic heterocycles. The van der Waals surface area contributed by atoms with Gasteiger partial charge in [-0.3, -0.25) is 14.9 Å². The van der Waals surface area contributed by atoms with Crippen molar-refractivity contribution >= 4 is 11.5 Å². The molecule has 2 rings (SSSR count). The molecule has 22 heavy (non-hydrogen) atoms. The summed E-state index contributed by atoms with van der Waals surface area (Å²) in [5.41, 5.74) is 0.783. The second-order valence-corrected chi connectivity index (χ2v) is 4.82. The molecule has 0 amide bonds. The third kappa shape index (κ3) is 3.00. The van der Waals surface area contributed by atoms with Gasteiger partial charge in [0, 0.05) is 32.4 Å². The van der Waals surface area contributed by atoms with Crippen LogP contribution in [0.4, 0.5) is 5.69 Å². The standard InChI is InChI=1S/C14H15N5O3/c1-10-14(13(20)8-9-17(2)3)15-16-18(10)11-6-4-5-7-12(11)19(21)22/h4-9H,1-3H3. The first-order valence-corrected chi connectivity index (χ1v) is 6.47. The molecule has 0 bridgehead atoms. The lowest BCUT2D eigenvalue weighted by molar-refractivity contribution is -0.384. The Kier molecular flexibility index (Phi) is 4.31. The summed E-state index contributed by atoms with van der Waals surface area (Å²) in [6.07, 6.45) is 2.98. The molecule has 0 aliphatic heterocycles. The number of nitro benzene ring substituents is 1. The fourth-order valence-electron chi connectivity index (χ4n) is 1.88. The van der Waals surface area contributed by atoms with Gasteiger partial charge in [-0.1, -0.05) is 17.3 Å². The van der Waals surface area contributed by atoms with E-state index in [1.807, 2.05) is 0 Å². The van der Waals surface area contributed by atoms with Crippen LogP contribution in [-0.4, -0.2) is 44.7 Å². The van der Waals surface area contributed by atoms with Gasteiger partial charge in [-0.25, -0.2) is 4.68 Å². The SMILES string of the molecule is Cc1c(C(=O)C=CN(C)C)nnn1-c1ccccc1[N+](=O)[O-]. The fourth-order valence-corrected chi connectivity index (χ4v) is 1.88. The van der Waals surface area contributed by atoms with Gasteiger partial charge in [0.05, 0.1) is 10.6 Å². The van der Waals surface area contributed by atoms with Crippen LogP contribution < -0.4 is 0 Å². The Morgan fingerprint density at radius 3 is 2.68 bits per heavy atom. The van der Waals surface area contributed by atoms with Crippen LogP contribution >= 0.6 is 0 Å². The largest absolute Gasteiger partial charge is 0.383 e. The van der Waals surface area contributed by atoms with Gasteiger partial charge in [0.25, 0.3) is 5.69 Å². The van der Waals surface area contributed by atoms with Gasteiger partial charge in [0.15, 0.2) is 5.69 Å². The van der Waals surface area contributed by atoms with Crippen molar-refractivity contribution in [2.75, 3.05) is 14.1 Å². The maximum Gasteiger partial charge on any atom is 0.294 e. The minimum atomic E-state index is -0.496. The van der Waals surface area contributed by atoms with Gasteiger partial charge in [-0.05, 0) is 13.0 Å². The molecule has 0 fully saturated rings. The molecule has 8 heteroatoms. The predicted octanol–water partition coefficient (Wildman–Crippen LogP) is 1.74. The quantitative estimate of drug-likeness (QED) is 0.361. The minimum absolute atomic E-state index is 0.0988. The molecule has 1 heterocycles. The van der Waals surface area contributed by atoms with Crippen molar-refractivity contribution in [3.8, 4) is 5.69 Å². The summed E-state index contributed by atoms with van der Waals surface area (Å²) < 4.78 is 1.30. The third-order valence-electron chi connectivity index (χ3n) is 2.96. The molecule has 2 aromatic rings. The van der Waals surface area contributed by atoms with E-state index < -0.39 is 4.92 Å². The van der Waals surface area contributed by atoms with Gasteiger partial charge in [0.1, 0.15) is 5.69 Å². The van der Waals surface area contributed by atoms with Crippen molar-refractivity contribution in [3.63, 3.8) is 0 Å². The Morgan fingerprint density at radius 2 is 2.05 bits per heavy atom. The molecular weight excluding hydrogens is 286 g/mol. The lowest BCUT2D eigenvalue weighted by atomic mass is 10.2. The first-order chi connectivity index (χ1) is 10.4. The Balaban J connectivity index is 2.45. The van der Waals surface area contributed by atoms with Crippen LogP contribution in [0.25, 0.3) is 5.69 Å². The number of carbonyl (C=O) groups excluding carboxylic acids is 1. The van der Waals surface area contributed by atoms with E-state index in [1.165, 1.54) is 16.8 Å². The fraction of sp³-hybridized carbons (Fsp3) is 0.214. The van der Waals surface area contributed by atoms with Crippen molar-refractivity contribution in [2.45, 2.75) is 6.92 Å². The van der Waals surface area contributed by atoms with Crippen LogP contribution in [0.2, 0.25) is 0 Å². The first kappa shape index (κ1) is 15.4. The van der Waals surface area contributed by atoms with Crippen LogP contribution in [0, 0.1) is 17.0 Å². The summed E-state index contributed by atoms with van der Waals surface area (Å²) in [4.78, 5) is 24.4. The van der Waals surface area contributed by atoms with Crippen molar-refractivity contribution < 1.29 is 9.72 Å². The highest BCUT2D eigenvalue weighted by atomic mass is 16.6. The lowest BCUT2D eigenvalue weighted by Crippen LogP contribution is -2.06. The van der Waals surface area contributed by atoms with Crippen LogP contribution in [0.1, 0.15) is 16.2 Å². The molecule has 0 radical (unpaired) electrons. The smallest absolute Gasteiger partial charge is 0.294 e. The average molecular weight is 301 g/mol. The number of ketones is 1. The van der Waals surface area contributed by atoms with E-state index in [4.69, 9.17) is 0 Å². The minimum Gasteiger partial charge on any atom is -0.383 e. The lowest BCUT2D eigenvalue weighted by Gasteiger charge is -2.04. The number of aromatic nitrogens is 3. The van der Waals surface area contributed by atoms with Crippen LogP contribution in [-0.2, 0) is 0 Å². The second kappa shape index (κ2) is 6.17. The first-order valence-electron chi connectivity index (χ1n) is 6.47. The van der Waals surface area contributed by atoms with Crippen molar-refractivity contribution in [1.82, 2.24) is 19.9 Å². The zero-order valence-electron chi connectivity index (χ0n) is 12.4. The summed E-state index contributed by atoms with van der Waals surface area (Å²) >= 11 is 0. The molecule has 8 nitrogen and oxygen atoms in total. The molecule has 0 saturated heterocycles. The molecule has 114 valence electrons. The Labute approximate surface area is 126 Å². The molecule has 0 N–H and O–H groups in total. The number of carbonyl (C=O) groups is 1. The van der Waals surface area contributed by atoms with E-state index in [1.54, 1.807) is 50.3 Å². The van der Waals surface area contributed by atoms with Gasteiger partial charge >= 0.3 is 0 Å². The number of para-hydroxylation sites is 2. The van der Waals surface area contributed by atoms with Crippen LogP contribution in [0.5, 0.6) is 0 Å². The van der Waals surface area contributed by atoms with E-state index in [0.717, 1.165) is 0 Å². The molecule has 0 spiro atoms. The molecule has 0 aliphatic carbocycles. The van der Waals surface area contributed by atoms with Crippen molar-refractivity contribution in [3.05, 3.63) is 58.0 Å². The van der Waals surface area contributed by atoms with Gasteiger partial charge in [-0.2, -0.15) is 0 Å². The number of rotatable bonds is 5. The molecule has 1 aromatic carbocycles. The van der Waals surface area contributed by atoms with E-state index in [-0.39, 0.29) is 22.9 Å². The van der Waals surface area contributed by atoms with Crippen molar-refractivity contribution in [2.24, 2.45) is 0 Å². The Bertz CT molecular complexity index is 749. The zero-order chi connectivity index (χ0) is 16.3. The normalized spacial score (nSPS) is 10.9. The average Bonchev–Trinajstić information content (AvgIpc) is 2.86. The second-order valence-electron chi connectivity index (χ2n) is 4.82. The highest BCUT2D eigenvalue weighted by molar-refractivity contribution is 6.03. The number of hydrogen-bond donors (Lipinski definition) is 0. The Morgan fingerprint density at radius 1 is 1.36 bits per heavy atom. The molecular formula is C14H15N5O3. The van der Waals surface area contributed by atoms with E-state index in [0.29, 0.717) is 5.69 Å². The van der Waals surface area contributed by atoms with Gasteiger partial charge < -0.3 is 4.90 Å². The Hall–Kier alpha value is -3.03. The number of nitrogens with zero attached hydrogens (tertiary/aromatic N) is 5. The summed E-state index contributed by atoms with van der Waals surface area (Å²) in [5, 5.41) is 18.8. The number of nitro groups is 1. The van der Waals surface area contributed by atoms with E-state index >= 15 is 0 Å². The summed E-state index contributed by atoms with van der Waals surface area (Å²) in [6, 6.07) is 6.17. The monoisotopic (exact) mass is 301 g/mol. The van der Waals surface area contributed by atoms with Crippen molar-refractivity contribution in [1.29, 1.82) is 0 Å². The van der Waals surface area contributed by atoms with Gasteiger partial charge in [0.2, 0.25) is 5.78 Å². The van der Waals surface area contributed by atoms with Gasteiger partial charge in [-0.15, -0.1) is 5.10 Å². The number of hydrogen-bond acceptors (Lipinski definition) is 6. The summed E-state index contributed by atoms with van der Waals surface area (Å²) in [7, 11) is 3.58. The molecule has 0 saturated carbocycles. The topological polar surface area (TPSA) is 94.2 Å². The van der Waals surface area contributed by atoms with E-state index in [2.05, 4.69) is 10.3 Å². The maximum atomic E-state index is 12.1. The highest BCUT2D eigenvalue weighted by Crippen LogP contribution is 2.23. The number of benzene rings is 1. The molecule has 0 aliphatic rings. The summed E-state index contributed by atoms with van der Waals surface area (Å²) in [6.45, 7) is 1.65. The van der Waals surface area contributed by atoms with Crippen LogP contribution in [0.15, 0.2) is 36.5 Å². The molecule has 0 unspecified atom stereocenters. The number of allylic oxidation sites excluding steroid dienone is 1.